The molecule has 0 spiro atoms. The Morgan fingerprint density at radius 1 is 1.04 bits per heavy atom. The minimum absolute atomic E-state index is 0.220. The van der Waals surface area contributed by atoms with Crippen molar-refractivity contribution in [2.24, 2.45) is 0 Å². The first-order chi connectivity index (χ1) is 11.1. The molecule has 0 aliphatic carbocycles. The number of carbonyl (C=O) groups is 1. The Kier molecular flexibility index (Phi) is 4.47. The molecule has 0 saturated carbocycles. The van der Waals surface area contributed by atoms with E-state index in [9.17, 15) is 4.79 Å². The predicted octanol–water partition coefficient (Wildman–Crippen LogP) is 4.41. The zero-order valence-electron chi connectivity index (χ0n) is 13.3. The number of nitrogens with zero attached hydrogens (tertiary/aromatic N) is 1. The van der Waals surface area contributed by atoms with E-state index in [4.69, 9.17) is 5.11 Å². The van der Waals surface area contributed by atoms with E-state index in [0.717, 1.165) is 13.0 Å². The van der Waals surface area contributed by atoms with Crippen molar-refractivity contribution >= 4 is 16.9 Å². The summed E-state index contributed by atoms with van der Waals surface area (Å²) in [5.74, 6) is -0.728. The van der Waals surface area contributed by atoms with E-state index in [0.29, 0.717) is 6.42 Å². The molecule has 3 nitrogen and oxygen atoms in total. The molecule has 0 fully saturated rings. The van der Waals surface area contributed by atoms with Crippen LogP contribution in [0.3, 0.4) is 0 Å². The molecule has 23 heavy (non-hydrogen) atoms. The molecule has 1 aromatic heterocycles. The lowest BCUT2D eigenvalue weighted by Crippen LogP contribution is -2.00. The van der Waals surface area contributed by atoms with Gasteiger partial charge in [0.2, 0.25) is 0 Å². The fourth-order valence-electron chi connectivity index (χ4n) is 3.05. The van der Waals surface area contributed by atoms with Crippen LogP contribution in [0.5, 0.6) is 0 Å². The van der Waals surface area contributed by atoms with Gasteiger partial charge in [-0.25, -0.2) is 0 Å². The van der Waals surface area contributed by atoms with E-state index in [1.54, 1.807) is 0 Å². The minimum Gasteiger partial charge on any atom is -0.481 e. The molecule has 2 aromatic carbocycles. The zero-order chi connectivity index (χ0) is 16.2. The summed E-state index contributed by atoms with van der Waals surface area (Å²) >= 11 is 0. The van der Waals surface area contributed by atoms with Crippen LogP contribution in [0.1, 0.15) is 29.5 Å². The summed E-state index contributed by atoms with van der Waals surface area (Å²) in [6.07, 6.45) is 3.87. The molecule has 1 heterocycles. The summed E-state index contributed by atoms with van der Waals surface area (Å²) in [7, 11) is 0. The second kappa shape index (κ2) is 6.69. The van der Waals surface area contributed by atoms with E-state index in [1.165, 1.54) is 27.6 Å². The SMILES string of the molecule is Cc1ccccc1Cn1cc(CCCC(=O)O)c2ccccc21. The van der Waals surface area contributed by atoms with E-state index in [2.05, 4.69) is 60.2 Å². The van der Waals surface area contributed by atoms with Crippen molar-refractivity contribution in [2.75, 3.05) is 0 Å². The van der Waals surface area contributed by atoms with E-state index < -0.39 is 5.97 Å². The van der Waals surface area contributed by atoms with Crippen LogP contribution in [-0.2, 0) is 17.8 Å². The highest BCUT2D eigenvalue weighted by Crippen LogP contribution is 2.24. The van der Waals surface area contributed by atoms with Crippen molar-refractivity contribution in [3.8, 4) is 0 Å². The number of para-hydroxylation sites is 1. The molecule has 0 atom stereocenters. The van der Waals surface area contributed by atoms with Crippen molar-refractivity contribution < 1.29 is 9.90 Å². The number of rotatable bonds is 6. The van der Waals surface area contributed by atoms with Crippen LogP contribution >= 0.6 is 0 Å². The van der Waals surface area contributed by atoms with Crippen LogP contribution in [0.25, 0.3) is 10.9 Å². The molecule has 3 rings (SSSR count). The Bertz CT molecular complexity index is 833. The Morgan fingerprint density at radius 3 is 2.57 bits per heavy atom. The third-order valence-electron chi connectivity index (χ3n) is 4.31. The molecule has 0 saturated heterocycles. The summed E-state index contributed by atoms with van der Waals surface area (Å²) in [6.45, 7) is 2.97. The highest BCUT2D eigenvalue weighted by molar-refractivity contribution is 5.84. The second-order valence-electron chi connectivity index (χ2n) is 5.97. The first-order valence-electron chi connectivity index (χ1n) is 7.98. The molecule has 0 unspecified atom stereocenters. The van der Waals surface area contributed by atoms with Gasteiger partial charge >= 0.3 is 5.97 Å². The maximum Gasteiger partial charge on any atom is 0.303 e. The molecule has 0 radical (unpaired) electrons. The normalized spacial score (nSPS) is 11.0. The number of hydrogen-bond acceptors (Lipinski definition) is 1. The Morgan fingerprint density at radius 2 is 1.78 bits per heavy atom. The molecule has 0 bridgehead atoms. The third-order valence-corrected chi connectivity index (χ3v) is 4.31. The average molecular weight is 307 g/mol. The van der Waals surface area contributed by atoms with Crippen molar-refractivity contribution in [1.82, 2.24) is 4.57 Å². The zero-order valence-corrected chi connectivity index (χ0v) is 13.3. The Balaban J connectivity index is 1.91. The van der Waals surface area contributed by atoms with Gasteiger partial charge in [-0.15, -0.1) is 0 Å². The average Bonchev–Trinajstić information content (AvgIpc) is 2.88. The van der Waals surface area contributed by atoms with Gasteiger partial charge in [0, 0.05) is 30.1 Å². The van der Waals surface area contributed by atoms with Crippen LogP contribution < -0.4 is 0 Å². The van der Waals surface area contributed by atoms with Gasteiger partial charge in [0.15, 0.2) is 0 Å². The number of hydrogen-bond donors (Lipinski definition) is 1. The van der Waals surface area contributed by atoms with Gasteiger partial charge in [-0.3, -0.25) is 4.79 Å². The lowest BCUT2D eigenvalue weighted by Gasteiger charge is -2.08. The third kappa shape index (κ3) is 3.45. The molecule has 3 aromatic rings. The van der Waals surface area contributed by atoms with Crippen LogP contribution in [0.4, 0.5) is 0 Å². The summed E-state index contributed by atoms with van der Waals surface area (Å²) in [6, 6.07) is 16.8. The largest absolute Gasteiger partial charge is 0.481 e. The van der Waals surface area contributed by atoms with Crippen molar-refractivity contribution in [3.63, 3.8) is 0 Å². The van der Waals surface area contributed by atoms with Crippen LogP contribution in [-0.4, -0.2) is 15.6 Å². The Labute approximate surface area is 136 Å². The summed E-state index contributed by atoms with van der Waals surface area (Å²) in [4.78, 5) is 10.7. The molecular weight excluding hydrogens is 286 g/mol. The second-order valence-corrected chi connectivity index (χ2v) is 5.97. The highest BCUT2D eigenvalue weighted by atomic mass is 16.4. The van der Waals surface area contributed by atoms with E-state index in [-0.39, 0.29) is 6.42 Å². The Hall–Kier alpha value is -2.55. The molecule has 0 aliphatic heterocycles. The topological polar surface area (TPSA) is 42.2 Å². The van der Waals surface area contributed by atoms with Crippen LogP contribution in [0.2, 0.25) is 0 Å². The quantitative estimate of drug-likeness (QED) is 0.733. The monoisotopic (exact) mass is 307 g/mol. The van der Waals surface area contributed by atoms with Crippen molar-refractivity contribution in [2.45, 2.75) is 32.7 Å². The number of fused-ring (bicyclic) bond motifs is 1. The molecule has 0 aliphatic rings. The number of carboxylic acid groups (broad SMARTS) is 1. The van der Waals surface area contributed by atoms with Gasteiger partial charge < -0.3 is 9.67 Å². The molecule has 0 amide bonds. The van der Waals surface area contributed by atoms with E-state index >= 15 is 0 Å². The molecule has 1 N–H and O–H groups in total. The lowest BCUT2D eigenvalue weighted by molar-refractivity contribution is -0.137. The first kappa shape index (κ1) is 15.3. The van der Waals surface area contributed by atoms with Gasteiger partial charge in [-0.1, -0.05) is 42.5 Å². The summed E-state index contributed by atoms with van der Waals surface area (Å²) in [5.41, 5.74) is 5.04. The highest BCUT2D eigenvalue weighted by Gasteiger charge is 2.09. The van der Waals surface area contributed by atoms with Gasteiger partial charge in [-0.2, -0.15) is 0 Å². The fraction of sp³-hybridized carbons (Fsp3) is 0.250. The standard InChI is InChI=1S/C20H21NO2/c1-15-7-2-3-8-16(15)13-21-14-17(9-6-12-20(22)23)18-10-4-5-11-19(18)21/h2-5,7-8,10-11,14H,6,9,12-13H2,1H3,(H,22,23). The number of aryl methyl sites for hydroxylation is 2. The number of aromatic nitrogens is 1. The van der Waals surface area contributed by atoms with Gasteiger partial charge in [0.1, 0.15) is 0 Å². The lowest BCUT2D eigenvalue weighted by atomic mass is 10.1. The number of carboxylic acids is 1. The fourth-order valence-corrected chi connectivity index (χ4v) is 3.05. The van der Waals surface area contributed by atoms with Crippen molar-refractivity contribution in [3.05, 3.63) is 71.4 Å². The van der Waals surface area contributed by atoms with Gasteiger partial charge in [-0.05, 0) is 42.5 Å². The summed E-state index contributed by atoms with van der Waals surface area (Å²) < 4.78 is 2.27. The number of benzene rings is 2. The van der Waals surface area contributed by atoms with Gasteiger partial charge in [0.25, 0.3) is 0 Å². The van der Waals surface area contributed by atoms with Crippen molar-refractivity contribution in [1.29, 1.82) is 0 Å². The molecular formula is C20H21NO2. The number of aliphatic carboxylic acids is 1. The maximum absolute atomic E-state index is 10.7. The van der Waals surface area contributed by atoms with Gasteiger partial charge in [0.05, 0.1) is 0 Å². The summed E-state index contributed by atoms with van der Waals surface area (Å²) in [5, 5.41) is 10.1. The van der Waals surface area contributed by atoms with Crippen LogP contribution in [0, 0.1) is 6.92 Å². The smallest absolute Gasteiger partial charge is 0.303 e. The molecule has 118 valence electrons. The van der Waals surface area contributed by atoms with E-state index in [1.807, 2.05) is 6.07 Å². The predicted molar refractivity (Wildman–Crippen MR) is 92.8 cm³/mol. The maximum atomic E-state index is 10.7. The molecule has 3 heteroatoms. The first-order valence-corrected chi connectivity index (χ1v) is 7.98. The van der Waals surface area contributed by atoms with Crippen LogP contribution in [0.15, 0.2) is 54.7 Å². The minimum atomic E-state index is -0.728.